The van der Waals surface area contributed by atoms with Crippen molar-refractivity contribution in [2.75, 3.05) is 24.6 Å². The number of thioether (sulfide) groups is 1. The fourth-order valence-electron chi connectivity index (χ4n) is 1.66. The van der Waals surface area contributed by atoms with Crippen molar-refractivity contribution in [3.8, 4) is 0 Å². The molecule has 4 N–H and O–H groups in total. The number of anilines is 1. The first-order valence-electron chi connectivity index (χ1n) is 6.25. The van der Waals surface area contributed by atoms with E-state index in [4.69, 9.17) is 10.5 Å². The van der Waals surface area contributed by atoms with Crippen molar-refractivity contribution in [2.45, 2.75) is 11.9 Å². The van der Waals surface area contributed by atoms with Crippen LogP contribution in [0.4, 0.5) is 10.6 Å². The van der Waals surface area contributed by atoms with Gasteiger partial charge in [-0.2, -0.15) is 0 Å². The Kier molecular flexibility index (Phi) is 4.99. The van der Waals surface area contributed by atoms with Crippen molar-refractivity contribution >= 4 is 29.6 Å². The Morgan fingerprint density at radius 2 is 2.24 bits per heavy atom. The average Bonchev–Trinajstić information content (AvgIpc) is 2.46. The molecule has 2 heterocycles. The zero-order valence-electron chi connectivity index (χ0n) is 11.4. The topological polar surface area (TPSA) is 119 Å². The number of nitrogens with zero attached hydrogens (tertiary/aromatic N) is 2. The Balaban J connectivity index is 2.14. The second-order valence-corrected chi connectivity index (χ2v) is 4.98. The molecule has 0 fully saturated rings. The highest BCUT2D eigenvalue weighted by Gasteiger charge is 2.23. The van der Waals surface area contributed by atoms with Gasteiger partial charge in [-0.1, -0.05) is 11.8 Å². The summed E-state index contributed by atoms with van der Waals surface area (Å²) in [5, 5.41) is 5.70. The molecular weight excluding hydrogens is 294 g/mol. The molecular formula is C12H15N5O3S. The van der Waals surface area contributed by atoms with Gasteiger partial charge in [-0.25, -0.2) is 19.6 Å². The Morgan fingerprint density at radius 1 is 1.48 bits per heavy atom. The van der Waals surface area contributed by atoms with E-state index in [-0.39, 0.29) is 19.2 Å². The lowest BCUT2D eigenvalue weighted by atomic mass is 10.2. The van der Waals surface area contributed by atoms with E-state index < -0.39 is 5.97 Å². The molecule has 1 aromatic rings. The molecule has 1 aliphatic heterocycles. The van der Waals surface area contributed by atoms with Crippen molar-refractivity contribution in [3.63, 3.8) is 0 Å². The third kappa shape index (κ3) is 3.85. The Labute approximate surface area is 125 Å². The summed E-state index contributed by atoms with van der Waals surface area (Å²) in [6, 6.07) is -0.356. The van der Waals surface area contributed by atoms with Crippen molar-refractivity contribution in [3.05, 3.63) is 23.7 Å². The third-order valence-electron chi connectivity index (χ3n) is 2.62. The van der Waals surface area contributed by atoms with Crippen LogP contribution in [0.1, 0.15) is 6.92 Å². The van der Waals surface area contributed by atoms with Crippen LogP contribution in [0.25, 0.3) is 0 Å². The van der Waals surface area contributed by atoms with Gasteiger partial charge in [0, 0.05) is 23.8 Å². The van der Waals surface area contributed by atoms with Gasteiger partial charge >= 0.3 is 12.0 Å². The summed E-state index contributed by atoms with van der Waals surface area (Å²) >= 11 is 1.29. The second-order valence-electron chi connectivity index (χ2n) is 4.02. The zero-order chi connectivity index (χ0) is 15.2. The predicted molar refractivity (Wildman–Crippen MR) is 77.4 cm³/mol. The molecule has 2 rings (SSSR count). The van der Waals surface area contributed by atoms with Crippen LogP contribution in [-0.2, 0) is 9.53 Å². The van der Waals surface area contributed by atoms with Crippen LogP contribution in [0.2, 0.25) is 0 Å². The smallest absolute Gasteiger partial charge is 0.337 e. The lowest BCUT2D eigenvalue weighted by molar-refractivity contribution is -0.138. The number of amides is 2. The lowest BCUT2D eigenvalue weighted by Crippen LogP contribution is -2.44. The van der Waals surface area contributed by atoms with Gasteiger partial charge in [0.15, 0.2) is 5.82 Å². The Hall–Kier alpha value is -2.29. The Morgan fingerprint density at radius 3 is 2.95 bits per heavy atom. The minimum atomic E-state index is -0.451. The number of nitrogen functional groups attached to an aromatic ring is 1. The maximum absolute atomic E-state index is 11.9. The van der Waals surface area contributed by atoms with E-state index in [0.717, 1.165) is 0 Å². The first-order chi connectivity index (χ1) is 10.1. The minimum Gasteiger partial charge on any atom is -0.463 e. The molecule has 21 heavy (non-hydrogen) atoms. The highest BCUT2D eigenvalue weighted by molar-refractivity contribution is 7.99. The number of ether oxygens (including phenoxy) is 1. The number of esters is 1. The standard InChI is InChI=1S/C12H15N5O3S/c1-2-20-11(18)7-5-16-12(19)17-8(7)6-21-10-9(13)14-3-4-15-10/h3-4H,2,5-6H2,1H3,(H2,13,14)(H2,16,17,19). The van der Waals surface area contributed by atoms with Gasteiger partial charge in [0.05, 0.1) is 18.7 Å². The molecule has 0 radical (unpaired) electrons. The predicted octanol–water partition coefficient (Wildman–Crippen LogP) is 0.281. The van der Waals surface area contributed by atoms with Crippen LogP contribution < -0.4 is 16.4 Å². The molecule has 0 atom stereocenters. The maximum atomic E-state index is 11.9. The molecule has 0 spiro atoms. The van der Waals surface area contributed by atoms with Crippen LogP contribution in [0.5, 0.6) is 0 Å². The largest absolute Gasteiger partial charge is 0.463 e. The molecule has 8 nitrogen and oxygen atoms in total. The number of rotatable bonds is 5. The summed E-state index contributed by atoms with van der Waals surface area (Å²) in [6.07, 6.45) is 3.02. The molecule has 0 unspecified atom stereocenters. The summed E-state index contributed by atoms with van der Waals surface area (Å²) in [5.74, 6) is 0.193. The van der Waals surface area contributed by atoms with Gasteiger partial charge < -0.3 is 21.1 Å². The molecule has 0 aliphatic carbocycles. The molecule has 1 aromatic heterocycles. The van der Waals surface area contributed by atoms with E-state index in [1.54, 1.807) is 6.92 Å². The van der Waals surface area contributed by atoms with Crippen molar-refractivity contribution < 1.29 is 14.3 Å². The molecule has 112 valence electrons. The van der Waals surface area contributed by atoms with Gasteiger partial charge in [0.1, 0.15) is 5.03 Å². The van der Waals surface area contributed by atoms with E-state index in [0.29, 0.717) is 27.9 Å². The number of hydrogen-bond acceptors (Lipinski definition) is 7. The lowest BCUT2D eigenvalue weighted by Gasteiger charge is -2.21. The normalized spacial score (nSPS) is 14.4. The number of nitrogens with two attached hydrogens (primary N) is 1. The van der Waals surface area contributed by atoms with E-state index in [2.05, 4.69) is 20.6 Å². The van der Waals surface area contributed by atoms with Crippen molar-refractivity contribution in [1.29, 1.82) is 0 Å². The highest BCUT2D eigenvalue weighted by atomic mass is 32.2. The average molecular weight is 309 g/mol. The number of hydrogen-bond donors (Lipinski definition) is 3. The number of carbonyl (C=O) groups excluding carboxylic acids is 2. The van der Waals surface area contributed by atoms with Gasteiger partial charge in [0.2, 0.25) is 0 Å². The minimum absolute atomic E-state index is 0.135. The number of urea groups is 1. The van der Waals surface area contributed by atoms with Gasteiger partial charge in [-0.15, -0.1) is 0 Å². The summed E-state index contributed by atoms with van der Waals surface area (Å²) in [4.78, 5) is 31.3. The van der Waals surface area contributed by atoms with E-state index in [1.807, 2.05) is 0 Å². The van der Waals surface area contributed by atoms with E-state index in [9.17, 15) is 9.59 Å². The molecule has 0 saturated carbocycles. The molecule has 0 bridgehead atoms. The molecule has 1 aliphatic rings. The van der Waals surface area contributed by atoms with Crippen LogP contribution in [0.15, 0.2) is 28.7 Å². The van der Waals surface area contributed by atoms with Crippen molar-refractivity contribution in [1.82, 2.24) is 20.6 Å². The van der Waals surface area contributed by atoms with Crippen LogP contribution in [0.3, 0.4) is 0 Å². The number of aromatic nitrogens is 2. The van der Waals surface area contributed by atoms with Crippen LogP contribution >= 0.6 is 11.8 Å². The molecule has 0 aromatic carbocycles. The first kappa shape index (κ1) is 15.1. The first-order valence-corrected chi connectivity index (χ1v) is 7.23. The van der Waals surface area contributed by atoms with Gasteiger partial charge in [-0.3, -0.25) is 0 Å². The monoisotopic (exact) mass is 309 g/mol. The fourth-order valence-corrected chi connectivity index (χ4v) is 2.52. The summed E-state index contributed by atoms with van der Waals surface area (Å²) in [7, 11) is 0. The fraction of sp³-hybridized carbons (Fsp3) is 0.333. The van der Waals surface area contributed by atoms with Crippen molar-refractivity contribution in [2.24, 2.45) is 0 Å². The zero-order valence-corrected chi connectivity index (χ0v) is 12.2. The third-order valence-corrected chi connectivity index (χ3v) is 3.64. The quantitative estimate of drug-likeness (QED) is 0.528. The van der Waals surface area contributed by atoms with Gasteiger partial charge in [-0.05, 0) is 6.92 Å². The van der Waals surface area contributed by atoms with E-state index >= 15 is 0 Å². The molecule has 0 saturated heterocycles. The number of nitrogens with one attached hydrogen (secondary N) is 2. The molecule has 9 heteroatoms. The SMILES string of the molecule is CCOC(=O)C1=C(CSc2nccnc2N)NC(=O)NC1. The van der Waals surface area contributed by atoms with Crippen LogP contribution in [-0.4, -0.2) is 40.9 Å². The summed E-state index contributed by atoms with van der Waals surface area (Å²) in [6.45, 7) is 2.13. The summed E-state index contributed by atoms with van der Waals surface area (Å²) in [5.41, 5.74) is 6.59. The van der Waals surface area contributed by atoms with Gasteiger partial charge in [0.25, 0.3) is 0 Å². The van der Waals surface area contributed by atoms with Crippen LogP contribution in [0, 0.1) is 0 Å². The maximum Gasteiger partial charge on any atom is 0.337 e. The number of carbonyl (C=O) groups is 2. The van der Waals surface area contributed by atoms with E-state index in [1.165, 1.54) is 24.2 Å². The Bertz CT molecular complexity index is 590. The summed E-state index contributed by atoms with van der Waals surface area (Å²) < 4.78 is 4.97. The second kappa shape index (κ2) is 6.93. The highest BCUT2D eigenvalue weighted by Crippen LogP contribution is 2.23. The molecule has 2 amide bonds.